The maximum absolute atomic E-state index is 12.7. The molecule has 4 bridgehead atoms. The Kier molecular flexibility index (Phi) is 4.04. The fourth-order valence-electron chi connectivity index (χ4n) is 5.50. The van der Waals surface area contributed by atoms with Gasteiger partial charge in [-0.15, -0.1) is 0 Å². The van der Waals surface area contributed by atoms with Crippen LogP contribution in [0, 0.1) is 17.3 Å². The molecule has 4 fully saturated rings. The molecule has 4 aliphatic carbocycles. The van der Waals surface area contributed by atoms with E-state index in [1.807, 2.05) is 0 Å². The molecule has 5 nitrogen and oxygen atoms in total. The third kappa shape index (κ3) is 3.27. The van der Waals surface area contributed by atoms with E-state index in [1.54, 1.807) is 24.3 Å². The molecule has 0 spiro atoms. The number of amides is 1. The normalized spacial score (nSPS) is 35.4. The molecule has 0 heterocycles. The lowest BCUT2D eigenvalue weighted by Gasteiger charge is -2.58. The van der Waals surface area contributed by atoms with Crippen LogP contribution in [0.1, 0.15) is 38.5 Å². The molecular formula is C19H22ClNO4. The lowest BCUT2D eigenvalue weighted by molar-refractivity contribution is -0.196. The van der Waals surface area contributed by atoms with Gasteiger partial charge in [-0.1, -0.05) is 17.7 Å². The number of anilines is 1. The summed E-state index contributed by atoms with van der Waals surface area (Å²) < 4.78 is 5.34. The number of esters is 1. The molecule has 4 atom stereocenters. The van der Waals surface area contributed by atoms with Crippen LogP contribution in [0.5, 0.6) is 0 Å². The van der Waals surface area contributed by atoms with Gasteiger partial charge in [-0.25, -0.2) is 0 Å². The minimum Gasteiger partial charge on any atom is -0.455 e. The third-order valence-electron chi connectivity index (χ3n) is 5.91. The number of rotatable bonds is 4. The molecule has 2 N–H and O–H groups in total. The average Bonchev–Trinajstić information content (AvgIpc) is 2.50. The molecule has 2 unspecified atom stereocenters. The monoisotopic (exact) mass is 363 g/mol. The smallest absolute Gasteiger partial charge is 0.312 e. The first-order valence-corrected chi connectivity index (χ1v) is 9.19. The number of hydrogen-bond acceptors (Lipinski definition) is 4. The second-order valence-electron chi connectivity index (χ2n) is 8.10. The Labute approximate surface area is 151 Å². The molecule has 0 saturated heterocycles. The van der Waals surface area contributed by atoms with Gasteiger partial charge in [0.05, 0.1) is 11.0 Å². The molecule has 4 saturated carbocycles. The van der Waals surface area contributed by atoms with Gasteiger partial charge in [0.2, 0.25) is 0 Å². The largest absolute Gasteiger partial charge is 0.455 e. The lowest BCUT2D eigenvalue weighted by Crippen LogP contribution is -2.58. The van der Waals surface area contributed by atoms with Crippen LogP contribution in [0.3, 0.4) is 0 Å². The van der Waals surface area contributed by atoms with Gasteiger partial charge in [0, 0.05) is 10.7 Å². The highest BCUT2D eigenvalue weighted by Gasteiger charge is 2.60. The third-order valence-corrected chi connectivity index (χ3v) is 6.14. The number of ether oxygens (including phenoxy) is 1. The fourth-order valence-corrected chi connectivity index (χ4v) is 5.69. The van der Waals surface area contributed by atoms with Crippen molar-refractivity contribution < 1.29 is 19.4 Å². The highest BCUT2D eigenvalue weighted by atomic mass is 35.5. The van der Waals surface area contributed by atoms with Gasteiger partial charge >= 0.3 is 5.97 Å². The number of hydrogen-bond donors (Lipinski definition) is 2. The van der Waals surface area contributed by atoms with Gasteiger partial charge in [-0.05, 0) is 68.6 Å². The summed E-state index contributed by atoms with van der Waals surface area (Å²) in [7, 11) is 0. The minimum absolute atomic E-state index is 0.319. The number of carbonyl (C=O) groups excluding carboxylic acids is 2. The van der Waals surface area contributed by atoms with Crippen LogP contribution in [0.15, 0.2) is 24.3 Å². The molecule has 1 aromatic carbocycles. The van der Waals surface area contributed by atoms with Crippen LogP contribution in [0.4, 0.5) is 5.69 Å². The van der Waals surface area contributed by atoms with E-state index in [2.05, 4.69) is 5.32 Å². The molecule has 6 heteroatoms. The van der Waals surface area contributed by atoms with Gasteiger partial charge < -0.3 is 15.2 Å². The summed E-state index contributed by atoms with van der Waals surface area (Å²) in [5.74, 6) is 0.0819. The van der Waals surface area contributed by atoms with Crippen molar-refractivity contribution >= 4 is 29.2 Å². The fraction of sp³-hybridized carbons (Fsp3) is 0.579. The Hall–Kier alpha value is -1.59. The van der Waals surface area contributed by atoms with Crippen molar-refractivity contribution in [2.24, 2.45) is 17.3 Å². The van der Waals surface area contributed by atoms with E-state index < -0.39 is 11.0 Å². The van der Waals surface area contributed by atoms with Gasteiger partial charge in [-0.3, -0.25) is 9.59 Å². The maximum Gasteiger partial charge on any atom is 0.312 e. The van der Waals surface area contributed by atoms with E-state index in [0.29, 0.717) is 29.0 Å². The zero-order valence-electron chi connectivity index (χ0n) is 14.0. The first-order valence-electron chi connectivity index (χ1n) is 8.81. The summed E-state index contributed by atoms with van der Waals surface area (Å²) in [4.78, 5) is 24.8. The van der Waals surface area contributed by atoms with Crippen molar-refractivity contribution in [2.75, 3.05) is 11.9 Å². The number of benzene rings is 1. The summed E-state index contributed by atoms with van der Waals surface area (Å²) >= 11 is 5.89. The molecule has 5 rings (SSSR count). The molecular weight excluding hydrogens is 342 g/mol. The van der Waals surface area contributed by atoms with E-state index in [0.717, 1.165) is 32.1 Å². The molecule has 0 radical (unpaired) electrons. The Morgan fingerprint density at radius 1 is 1.24 bits per heavy atom. The van der Waals surface area contributed by atoms with E-state index in [4.69, 9.17) is 16.3 Å². The quantitative estimate of drug-likeness (QED) is 0.806. The van der Waals surface area contributed by atoms with E-state index in [9.17, 15) is 14.7 Å². The highest BCUT2D eigenvalue weighted by molar-refractivity contribution is 6.30. The van der Waals surface area contributed by atoms with Crippen molar-refractivity contribution in [3.63, 3.8) is 0 Å². The molecule has 25 heavy (non-hydrogen) atoms. The van der Waals surface area contributed by atoms with Gasteiger partial charge in [0.25, 0.3) is 5.91 Å². The predicted molar refractivity (Wildman–Crippen MR) is 93.1 cm³/mol. The standard InChI is InChI=1S/C19H22ClNO4/c20-14-2-1-3-15(5-14)21-16(22)10-25-17(23)18-6-12-4-13(7-18)9-19(24,8-12)11-18/h1-3,5,12-13,24H,4,6-11H2,(H,21,22)/t12-,13+,18?,19?. The Morgan fingerprint density at radius 2 is 1.96 bits per heavy atom. The van der Waals surface area contributed by atoms with Crippen LogP contribution < -0.4 is 5.32 Å². The topological polar surface area (TPSA) is 75.6 Å². The Morgan fingerprint density at radius 3 is 2.60 bits per heavy atom. The Balaban J connectivity index is 1.37. The van der Waals surface area contributed by atoms with Crippen LogP contribution in [-0.2, 0) is 14.3 Å². The second kappa shape index (κ2) is 5.99. The van der Waals surface area contributed by atoms with Crippen molar-refractivity contribution in [3.05, 3.63) is 29.3 Å². The Bertz CT molecular complexity index is 705. The van der Waals surface area contributed by atoms with Gasteiger partial charge in [-0.2, -0.15) is 0 Å². The SMILES string of the molecule is O=C(COC(=O)C12C[C@@H]3C[C@@H](CC(O)(C3)C1)C2)Nc1cccc(Cl)c1. The van der Waals surface area contributed by atoms with Crippen molar-refractivity contribution in [3.8, 4) is 0 Å². The lowest BCUT2D eigenvalue weighted by atomic mass is 9.48. The van der Waals surface area contributed by atoms with Crippen molar-refractivity contribution in [1.29, 1.82) is 0 Å². The zero-order valence-corrected chi connectivity index (χ0v) is 14.7. The van der Waals surface area contributed by atoms with E-state index in [1.165, 1.54) is 0 Å². The first-order chi connectivity index (χ1) is 11.9. The minimum atomic E-state index is -0.716. The number of halogens is 1. The number of nitrogens with one attached hydrogen (secondary N) is 1. The van der Waals surface area contributed by atoms with Gasteiger partial charge in [0.15, 0.2) is 6.61 Å². The van der Waals surface area contributed by atoms with Crippen molar-refractivity contribution in [1.82, 2.24) is 0 Å². The second-order valence-corrected chi connectivity index (χ2v) is 8.54. The summed E-state index contributed by atoms with van der Waals surface area (Å²) in [6.07, 6.45) is 4.73. The highest BCUT2D eigenvalue weighted by Crippen LogP contribution is 2.61. The average molecular weight is 364 g/mol. The van der Waals surface area contributed by atoms with Gasteiger partial charge in [0.1, 0.15) is 0 Å². The molecule has 1 aromatic rings. The summed E-state index contributed by atoms with van der Waals surface area (Å²) in [5, 5.41) is 13.9. The maximum atomic E-state index is 12.7. The van der Waals surface area contributed by atoms with E-state index >= 15 is 0 Å². The molecule has 0 aliphatic heterocycles. The molecule has 4 aliphatic rings. The first kappa shape index (κ1) is 16.9. The van der Waals surface area contributed by atoms with Crippen LogP contribution in [-0.4, -0.2) is 29.2 Å². The number of aliphatic hydroxyl groups is 1. The van der Waals surface area contributed by atoms with E-state index in [-0.39, 0.29) is 18.5 Å². The molecule has 134 valence electrons. The molecule has 1 amide bonds. The summed E-state index contributed by atoms with van der Waals surface area (Å²) in [6.45, 7) is -0.319. The zero-order chi connectivity index (χ0) is 17.7. The number of carbonyl (C=O) groups is 2. The summed E-state index contributed by atoms with van der Waals surface area (Å²) in [6, 6.07) is 6.81. The molecule has 0 aromatic heterocycles. The van der Waals surface area contributed by atoms with Crippen molar-refractivity contribution in [2.45, 2.75) is 44.1 Å². The predicted octanol–water partition coefficient (Wildman–Crippen LogP) is 3.15. The van der Waals surface area contributed by atoms with Crippen LogP contribution >= 0.6 is 11.6 Å². The van der Waals surface area contributed by atoms with Crippen LogP contribution in [0.25, 0.3) is 0 Å². The summed E-state index contributed by atoms with van der Waals surface area (Å²) in [5.41, 5.74) is -0.751. The van der Waals surface area contributed by atoms with Crippen LogP contribution in [0.2, 0.25) is 5.02 Å².